The van der Waals surface area contributed by atoms with Crippen molar-refractivity contribution in [3.8, 4) is 0 Å². The van der Waals surface area contributed by atoms with Gasteiger partial charge in [-0.2, -0.15) is 0 Å². The number of fused-ring (bicyclic) bond motifs is 3. The largest absolute Gasteiger partial charge is 0.470 e. The van der Waals surface area contributed by atoms with Gasteiger partial charge in [-0.25, -0.2) is 9.98 Å². The first kappa shape index (κ1) is 12.6. The molecule has 4 rings (SSSR count). The second-order valence-corrected chi connectivity index (χ2v) is 6.04. The first-order valence-electron chi connectivity index (χ1n) is 7.52. The van der Waals surface area contributed by atoms with E-state index in [-0.39, 0.29) is 12.1 Å². The van der Waals surface area contributed by atoms with Crippen LogP contribution in [0.2, 0.25) is 0 Å². The van der Waals surface area contributed by atoms with Crippen molar-refractivity contribution in [1.29, 1.82) is 0 Å². The monoisotopic (exact) mass is 278 g/mol. The molecule has 21 heavy (non-hydrogen) atoms. The van der Waals surface area contributed by atoms with Crippen molar-refractivity contribution >= 4 is 5.90 Å². The summed E-state index contributed by atoms with van der Waals surface area (Å²) in [6.45, 7) is 4.29. The lowest BCUT2D eigenvalue weighted by molar-refractivity contribution is 0.206. The Morgan fingerprint density at radius 1 is 1.10 bits per heavy atom. The van der Waals surface area contributed by atoms with Gasteiger partial charge in [0.1, 0.15) is 17.8 Å². The first-order chi connectivity index (χ1) is 10.2. The number of hydrogen-bond donors (Lipinski definition) is 0. The summed E-state index contributed by atoms with van der Waals surface area (Å²) in [4.78, 5) is 9.48. The predicted molar refractivity (Wildman–Crippen MR) is 82.6 cm³/mol. The summed E-state index contributed by atoms with van der Waals surface area (Å²) in [6.07, 6.45) is 1.08. The van der Waals surface area contributed by atoms with E-state index in [1.54, 1.807) is 0 Å². The van der Waals surface area contributed by atoms with Gasteiger partial charge >= 0.3 is 0 Å². The topological polar surface area (TPSA) is 34.5 Å². The Morgan fingerprint density at radius 2 is 1.95 bits per heavy atom. The van der Waals surface area contributed by atoms with Gasteiger partial charge in [-0.3, -0.25) is 0 Å². The van der Waals surface area contributed by atoms with Crippen molar-refractivity contribution < 1.29 is 4.74 Å². The minimum atomic E-state index is 0.140. The number of aromatic nitrogens is 1. The van der Waals surface area contributed by atoms with Crippen LogP contribution < -0.4 is 0 Å². The van der Waals surface area contributed by atoms with E-state index in [9.17, 15) is 0 Å². The Hall–Kier alpha value is -2.16. The minimum Gasteiger partial charge on any atom is -0.470 e. The van der Waals surface area contributed by atoms with E-state index >= 15 is 0 Å². The molecular formula is C18H18N2O. The van der Waals surface area contributed by atoms with E-state index in [1.807, 2.05) is 12.1 Å². The van der Waals surface area contributed by atoms with Gasteiger partial charge in [-0.1, -0.05) is 44.2 Å². The van der Waals surface area contributed by atoms with E-state index < -0.39 is 0 Å². The van der Waals surface area contributed by atoms with Gasteiger partial charge < -0.3 is 4.74 Å². The minimum absolute atomic E-state index is 0.140. The molecule has 0 saturated carbocycles. The molecule has 1 aliphatic heterocycles. The lowest BCUT2D eigenvalue weighted by Gasteiger charge is -2.10. The van der Waals surface area contributed by atoms with Crippen LogP contribution in [0.15, 0.2) is 47.5 Å². The molecule has 1 aromatic heterocycles. The molecule has 2 heterocycles. The summed E-state index contributed by atoms with van der Waals surface area (Å²) in [5, 5.41) is 0. The highest BCUT2D eigenvalue weighted by Crippen LogP contribution is 2.40. The molecule has 0 unspecified atom stereocenters. The van der Waals surface area contributed by atoms with Crippen LogP contribution in [0.1, 0.15) is 48.3 Å². The summed E-state index contributed by atoms with van der Waals surface area (Å²) in [5.74, 6) is 1.11. The second kappa shape index (κ2) is 4.69. The Kier molecular flexibility index (Phi) is 2.81. The summed E-state index contributed by atoms with van der Waals surface area (Å²) in [6, 6.07) is 14.7. The Labute approximate surface area is 124 Å². The van der Waals surface area contributed by atoms with Crippen molar-refractivity contribution in [2.75, 3.05) is 0 Å². The Balaban J connectivity index is 1.69. The normalized spacial score (nSPS) is 22.7. The number of pyridine rings is 1. The van der Waals surface area contributed by atoms with Crippen LogP contribution >= 0.6 is 0 Å². The van der Waals surface area contributed by atoms with Crippen LogP contribution in [0.5, 0.6) is 0 Å². The molecule has 3 nitrogen and oxygen atoms in total. The van der Waals surface area contributed by atoms with Gasteiger partial charge in [0.2, 0.25) is 5.90 Å². The SMILES string of the molecule is CC(C)c1cccc(C2=N[C@@H]3c4ccccc4C[C@@H]3O2)n1. The molecule has 106 valence electrons. The molecule has 2 atom stereocenters. The molecule has 0 radical (unpaired) electrons. The smallest absolute Gasteiger partial charge is 0.236 e. The van der Waals surface area contributed by atoms with E-state index in [0.717, 1.165) is 17.8 Å². The summed E-state index contributed by atoms with van der Waals surface area (Å²) in [5.41, 5.74) is 4.60. The van der Waals surface area contributed by atoms with Gasteiger partial charge in [0.05, 0.1) is 0 Å². The summed E-state index contributed by atoms with van der Waals surface area (Å²) in [7, 11) is 0. The maximum absolute atomic E-state index is 6.08. The molecule has 0 saturated heterocycles. The quantitative estimate of drug-likeness (QED) is 0.840. The fourth-order valence-corrected chi connectivity index (χ4v) is 3.11. The van der Waals surface area contributed by atoms with Crippen LogP contribution in [0.25, 0.3) is 0 Å². The molecule has 0 spiro atoms. The van der Waals surface area contributed by atoms with Crippen molar-refractivity contribution in [1.82, 2.24) is 4.98 Å². The molecule has 1 aromatic carbocycles. The number of aliphatic imine (C=N–C) groups is 1. The van der Waals surface area contributed by atoms with E-state index in [4.69, 9.17) is 9.73 Å². The molecule has 2 aromatic rings. The van der Waals surface area contributed by atoms with Crippen molar-refractivity contribution in [2.24, 2.45) is 4.99 Å². The summed E-state index contributed by atoms with van der Waals surface area (Å²) < 4.78 is 6.08. The molecular weight excluding hydrogens is 260 g/mol. The lowest BCUT2D eigenvalue weighted by atomic mass is 10.1. The lowest BCUT2D eigenvalue weighted by Crippen LogP contribution is -2.14. The van der Waals surface area contributed by atoms with Gasteiger partial charge in [0, 0.05) is 12.1 Å². The van der Waals surface area contributed by atoms with Gasteiger partial charge in [0.15, 0.2) is 0 Å². The molecule has 2 aliphatic rings. The molecule has 0 fully saturated rings. The maximum Gasteiger partial charge on any atom is 0.236 e. The number of hydrogen-bond acceptors (Lipinski definition) is 3. The fraction of sp³-hybridized carbons (Fsp3) is 0.333. The molecule has 0 bridgehead atoms. The molecule has 3 heteroatoms. The summed E-state index contributed by atoms with van der Waals surface area (Å²) >= 11 is 0. The van der Waals surface area contributed by atoms with Crippen molar-refractivity contribution in [3.63, 3.8) is 0 Å². The first-order valence-corrected chi connectivity index (χ1v) is 7.52. The van der Waals surface area contributed by atoms with E-state index in [1.165, 1.54) is 11.1 Å². The number of nitrogens with zero attached hydrogens (tertiary/aromatic N) is 2. The fourth-order valence-electron chi connectivity index (χ4n) is 3.11. The number of ether oxygens (including phenoxy) is 1. The zero-order chi connectivity index (χ0) is 14.4. The molecule has 1 aliphatic carbocycles. The van der Waals surface area contributed by atoms with Crippen LogP contribution in [-0.4, -0.2) is 17.0 Å². The molecule has 0 N–H and O–H groups in total. The Morgan fingerprint density at radius 3 is 2.81 bits per heavy atom. The third-order valence-corrected chi connectivity index (χ3v) is 4.25. The van der Waals surface area contributed by atoms with Crippen molar-refractivity contribution in [2.45, 2.75) is 38.3 Å². The highest BCUT2D eigenvalue weighted by molar-refractivity contribution is 5.94. The van der Waals surface area contributed by atoms with Crippen LogP contribution in [-0.2, 0) is 11.2 Å². The van der Waals surface area contributed by atoms with Crippen LogP contribution in [0.3, 0.4) is 0 Å². The molecule has 0 amide bonds. The van der Waals surface area contributed by atoms with Crippen LogP contribution in [0.4, 0.5) is 0 Å². The van der Waals surface area contributed by atoms with Gasteiger partial charge in [0.25, 0.3) is 0 Å². The third kappa shape index (κ3) is 2.04. The maximum atomic E-state index is 6.08. The van der Waals surface area contributed by atoms with E-state index in [2.05, 4.69) is 49.2 Å². The predicted octanol–water partition coefficient (Wildman–Crippen LogP) is 3.65. The van der Waals surface area contributed by atoms with Gasteiger partial charge in [-0.15, -0.1) is 0 Å². The van der Waals surface area contributed by atoms with E-state index in [0.29, 0.717) is 11.8 Å². The highest BCUT2D eigenvalue weighted by Gasteiger charge is 2.39. The van der Waals surface area contributed by atoms with Crippen molar-refractivity contribution in [3.05, 3.63) is 65.0 Å². The van der Waals surface area contributed by atoms with Gasteiger partial charge in [-0.05, 0) is 29.2 Å². The zero-order valence-corrected chi connectivity index (χ0v) is 12.3. The third-order valence-electron chi connectivity index (χ3n) is 4.25. The van der Waals surface area contributed by atoms with Crippen LogP contribution in [0, 0.1) is 0 Å². The standard InChI is InChI=1S/C18H18N2O/c1-11(2)14-8-5-9-15(19-14)18-20-17-13-7-4-3-6-12(13)10-16(17)21-18/h3-9,11,16-17H,10H2,1-2H3/t16-,17+/m0/s1. The average Bonchev–Trinajstić information content (AvgIpc) is 3.05. The zero-order valence-electron chi connectivity index (χ0n) is 12.3. The number of benzene rings is 1. The number of rotatable bonds is 2. The Bertz CT molecular complexity index is 721. The second-order valence-electron chi connectivity index (χ2n) is 6.04. The average molecular weight is 278 g/mol. The highest BCUT2D eigenvalue weighted by atomic mass is 16.5.